The fraction of sp³-hybridized carbons (Fsp3) is 1.00. The van der Waals surface area contributed by atoms with Gasteiger partial charge in [0.1, 0.15) is 24.4 Å². The summed E-state index contributed by atoms with van der Waals surface area (Å²) in [6.45, 7) is 2.11. The lowest BCUT2D eigenvalue weighted by atomic mass is 9.85. The Morgan fingerprint density at radius 2 is 1.57 bits per heavy atom. The molecule has 176 valence electrons. The molecular formula is C20H36O9S. The summed E-state index contributed by atoms with van der Waals surface area (Å²) < 4.78 is 23.4. The van der Waals surface area contributed by atoms with Gasteiger partial charge in [-0.05, 0) is 25.0 Å². The Morgan fingerprint density at radius 1 is 0.833 bits per heavy atom. The van der Waals surface area contributed by atoms with E-state index in [1.807, 2.05) is 0 Å². The highest BCUT2D eigenvalue weighted by Crippen LogP contribution is 2.34. The topological polar surface area (TPSA) is 138 Å². The Morgan fingerprint density at radius 3 is 2.30 bits per heavy atom. The largest absolute Gasteiger partial charge is 0.394 e. The molecule has 6 heterocycles. The molecule has 0 aromatic heterocycles. The standard InChI is InChI=1S/C20H36O9S/c1-2-8-30-10-13-18-15(23)17(25)19(28-13)26-7-5-3-4-6-11-12(9-21)27-20(29-18)16(24)14(11)22/h11-25H,2-10H2,1H3/t11?,12?,13?,14-,15+,16?,17?,18?,19-,20+/m0/s1. The first-order chi connectivity index (χ1) is 14.5. The van der Waals surface area contributed by atoms with E-state index >= 15 is 0 Å². The minimum absolute atomic E-state index is 0.318. The fourth-order valence-electron chi connectivity index (χ4n) is 4.34. The molecule has 0 aromatic rings. The number of hydrogen-bond acceptors (Lipinski definition) is 10. The highest BCUT2D eigenvalue weighted by atomic mass is 32.2. The highest BCUT2D eigenvalue weighted by molar-refractivity contribution is 7.99. The molecule has 6 saturated heterocycles. The van der Waals surface area contributed by atoms with Crippen LogP contribution in [0.2, 0.25) is 0 Å². The SMILES string of the molecule is CCCSCC1O[C@@H]2OCCCCCC3C(CO)O[C@H](OC1[C@H](O)C2O)C(O)[C@H]3O. The molecule has 0 spiro atoms. The van der Waals surface area contributed by atoms with Gasteiger partial charge in [-0.25, -0.2) is 0 Å². The Labute approximate surface area is 181 Å². The van der Waals surface area contributed by atoms with E-state index in [0.717, 1.165) is 31.4 Å². The molecule has 0 amide bonds. The van der Waals surface area contributed by atoms with E-state index in [2.05, 4.69) is 6.92 Å². The monoisotopic (exact) mass is 452 g/mol. The van der Waals surface area contributed by atoms with Crippen LogP contribution in [-0.2, 0) is 18.9 Å². The van der Waals surface area contributed by atoms with Crippen LogP contribution >= 0.6 is 11.8 Å². The molecule has 0 aliphatic carbocycles. The van der Waals surface area contributed by atoms with Crippen LogP contribution < -0.4 is 0 Å². The number of aliphatic hydroxyl groups is 5. The smallest absolute Gasteiger partial charge is 0.187 e. The molecule has 0 aromatic carbocycles. The van der Waals surface area contributed by atoms with Gasteiger partial charge in [0.2, 0.25) is 0 Å². The number of rotatable bonds is 5. The molecule has 4 bridgehead atoms. The first kappa shape index (κ1) is 24.6. The van der Waals surface area contributed by atoms with Crippen molar-refractivity contribution in [2.45, 2.75) is 94.3 Å². The summed E-state index contributed by atoms with van der Waals surface area (Å²) in [4.78, 5) is 0. The normalized spacial score (nSPS) is 45.8. The summed E-state index contributed by atoms with van der Waals surface area (Å²) in [6, 6.07) is 0. The van der Waals surface area contributed by atoms with Gasteiger partial charge >= 0.3 is 0 Å². The zero-order valence-corrected chi connectivity index (χ0v) is 18.2. The zero-order chi connectivity index (χ0) is 21.7. The molecular weight excluding hydrogens is 416 g/mol. The molecule has 30 heavy (non-hydrogen) atoms. The molecule has 5 N–H and O–H groups in total. The number of aliphatic hydroxyl groups excluding tert-OH is 5. The van der Waals surface area contributed by atoms with Crippen molar-refractivity contribution in [1.82, 2.24) is 0 Å². The number of hydrogen-bond donors (Lipinski definition) is 5. The van der Waals surface area contributed by atoms with Crippen molar-refractivity contribution >= 4 is 11.8 Å². The lowest BCUT2D eigenvalue weighted by Crippen LogP contribution is -2.63. The van der Waals surface area contributed by atoms with E-state index in [1.165, 1.54) is 0 Å². The third-order valence-corrected chi connectivity index (χ3v) is 7.32. The van der Waals surface area contributed by atoms with Gasteiger partial charge in [0.15, 0.2) is 12.6 Å². The van der Waals surface area contributed by atoms with Crippen LogP contribution in [0.15, 0.2) is 0 Å². The molecule has 6 aliphatic rings. The molecule has 0 saturated carbocycles. The van der Waals surface area contributed by atoms with Gasteiger partial charge in [-0.3, -0.25) is 0 Å². The first-order valence-electron chi connectivity index (χ1n) is 11.0. The lowest BCUT2D eigenvalue weighted by molar-refractivity contribution is -0.351. The summed E-state index contributed by atoms with van der Waals surface area (Å²) >= 11 is 1.63. The second-order valence-electron chi connectivity index (χ2n) is 8.29. The quantitative estimate of drug-likeness (QED) is 0.351. The van der Waals surface area contributed by atoms with Crippen molar-refractivity contribution in [3.63, 3.8) is 0 Å². The molecule has 10 heteroatoms. The van der Waals surface area contributed by atoms with Crippen molar-refractivity contribution in [3.8, 4) is 0 Å². The van der Waals surface area contributed by atoms with Crippen LogP contribution in [0.4, 0.5) is 0 Å². The second kappa shape index (κ2) is 11.7. The number of ether oxygens (including phenoxy) is 4. The van der Waals surface area contributed by atoms with E-state index in [1.54, 1.807) is 11.8 Å². The molecule has 6 fully saturated rings. The average Bonchev–Trinajstić information content (AvgIpc) is 2.75. The highest BCUT2D eigenvalue weighted by Gasteiger charge is 2.50. The van der Waals surface area contributed by atoms with E-state index in [0.29, 0.717) is 18.8 Å². The van der Waals surface area contributed by atoms with Crippen LogP contribution in [0.5, 0.6) is 0 Å². The third-order valence-electron chi connectivity index (χ3n) is 6.06. The summed E-state index contributed by atoms with van der Waals surface area (Å²) in [7, 11) is 0. The molecule has 0 radical (unpaired) electrons. The predicted molar refractivity (Wildman–Crippen MR) is 109 cm³/mol. The van der Waals surface area contributed by atoms with E-state index in [4.69, 9.17) is 18.9 Å². The van der Waals surface area contributed by atoms with Crippen molar-refractivity contribution in [3.05, 3.63) is 0 Å². The van der Waals surface area contributed by atoms with Crippen molar-refractivity contribution < 1.29 is 44.5 Å². The van der Waals surface area contributed by atoms with Gasteiger partial charge in [0.25, 0.3) is 0 Å². The van der Waals surface area contributed by atoms with Crippen LogP contribution in [0.1, 0.15) is 39.0 Å². The van der Waals surface area contributed by atoms with Crippen LogP contribution in [0.3, 0.4) is 0 Å². The first-order valence-corrected chi connectivity index (χ1v) is 12.1. The van der Waals surface area contributed by atoms with Gasteiger partial charge in [-0.15, -0.1) is 0 Å². The maximum Gasteiger partial charge on any atom is 0.187 e. The Balaban J connectivity index is 1.84. The van der Waals surface area contributed by atoms with Gasteiger partial charge < -0.3 is 44.5 Å². The van der Waals surface area contributed by atoms with Crippen molar-refractivity contribution in [2.75, 3.05) is 24.7 Å². The van der Waals surface area contributed by atoms with Crippen molar-refractivity contribution in [1.29, 1.82) is 0 Å². The Hall–Kier alpha value is -0.0100. The zero-order valence-electron chi connectivity index (χ0n) is 17.4. The van der Waals surface area contributed by atoms with E-state index in [-0.39, 0.29) is 6.61 Å². The van der Waals surface area contributed by atoms with Crippen LogP contribution in [0, 0.1) is 5.92 Å². The lowest BCUT2D eigenvalue weighted by Gasteiger charge is -2.47. The van der Waals surface area contributed by atoms with Gasteiger partial charge in [0, 0.05) is 18.3 Å². The second-order valence-corrected chi connectivity index (χ2v) is 9.44. The van der Waals surface area contributed by atoms with Gasteiger partial charge in [-0.1, -0.05) is 19.8 Å². The maximum absolute atomic E-state index is 10.8. The van der Waals surface area contributed by atoms with E-state index < -0.39 is 61.2 Å². The van der Waals surface area contributed by atoms with Crippen molar-refractivity contribution in [2.24, 2.45) is 5.92 Å². The summed E-state index contributed by atoms with van der Waals surface area (Å²) in [6.07, 6.45) is -5.77. The average molecular weight is 453 g/mol. The number of thioether (sulfide) groups is 1. The molecule has 10 atom stereocenters. The molecule has 6 rings (SSSR count). The van der Waals surface area contributed by atoms with E-state index in [9.17, 15) is 25.5 Å². The van der Waals surface area contributed by atoms with Crippen LogP contribution in [0.25, 0.3) is 0 Å². The minimum atomic E-state index is -1.34. The molecule has 9 nitrogen and oxygen atoms in total. The molecule has 6 aliphatic heterocycles. The summed E-state index contributed by atoms with van der Waals surface area (Å²) in [5.41, 5.74) is 0. The maximum atomic E-state index is 10.8. The van der Waals surface area contributed by atoms with Crippen LogP contribution in [-0.4, -0.2) is 106 Å². The Kier molecular flexibility index (Phi) is 9.64. The summed E-state index contributed by atoms with van der Waals surface area (Å²) in [5, 5.41) is 52.4. The third kappa shape index (κ3) is 5.67. The molecule has 6 unspecified atom stereocenters. The summed E-state index contributed by atoms with van der Waals surface area (Å²) in [5.74, 6) is 0.973. The Bertz CT molecular complexity index is 511. The van der Waals surface area contributed by atoms with Gasteiger partial charge in [0.05, 0.1) is 24.9 Å². The predicted octanol–water partition coefficient (Wildman–Crippen LogP) is -0.393. The van der Waals surface area contributed by atoms with Gasteiger partial charge in [-0.2, -0.15) is 11.8 Å². The minimum Gasteiger partial charge on any atom is -0.394 e. The fourth-order valence-corrected chi connectivity index (χ4v) is 5.29.